The first-order chi connectivity index (χ1) is 13.1. The zero-order chi connectivity index (χ0) is 18.8. The van der Waals surface area contributed by atoms with Crippen molar-refractivity contribution in [1.82, 2.24) is 24.7 Å². The van der Waals surface area contributed by atoms with E-state index in [0.717, 1.165) is 12.8 Å². The zero-order valence-electron chi connectivity index (χ0n) is 14.7. The summed E-state index contributed by atoms with van der Waals surface area (Å²) in [5.41, 5.74) is 0.759. The van der Waals surface area contributed by atoms with Crippen molar-refractivity contribution < 1.29 is 14.6 Å². The fourth-order valence-corrected chi connectivity index (χ4v) is 2.97. The minimum absolute atomic E-state index is 0.114. The molecule has 138 valence electrons. The van der Waals surface area contributed by atoms with Crippen LogP contribution in [-0.2, 0) is 0 Å². The molecule has 1 amide bonds. The van der Waals surface area contributed by atoms with E-state index >= 15 is 0 Å². The van der Waals surface area contributed by atoms with Gasteiger partial charge in [0.1, 0.15) is 29.2 Å². The van der Waals surface area contributed by atoms with Gasteiger partial charge in [-0.1, -0.05) is 6.07 Å². The Morgan fingerprint density at radius 2 is 2.26 bits per heavy atom. The van der Waals surface area contributed by atoms with Crippen LogP contribution in [0.25, 0.3) is 11.5 Å². The second-order valence-electron chi connectivity index (χ2n) is 6.31. The number of ether oxygens (including phenoxy) is 1. The Morgan fingerprint density at radius 1 is 1.37 bits per heavy atom. The third-order valence-electron chi connectivity index (χ3n) is 4.35. The van der Waals surface area contributed by atoms with E-state index in [-0.39, 0.29) is 23.2 Å². The molecule has 0 saturated heterocycles. The fraction of sp³-hybridized carbons (Fsp3) is 0.278. The molecule has 2 N–H and O–H groups in total. The monoisotopic (exact) mass is 366 g/mol. The standard InChI is InChI=1S/C18H18N6O3/c1-11-4-3-7-27-18-13(8-12(25)9-19-18)17(26)22-15-6-2-5-14(21-15)16-23-20-10-24(11)16/h2,5-6,8-11,25H,3-4,7H2,1H3,(H,21,22,26). The summed E-state index contributed by atoms with van der Waals surface area (Å²) >= 11 is 0. The van der Waals surface area contributed by atoms with Gasteiger partial charge >= 0.3 is 0 Å². The van der Waals surface area contributed by atoms with Gasteiger partial charge in [0.25, 0.3) is 5.91 Å². The Balaban J connectivity index is 1.77. The molecule has 0 aliphatic carbocycles. The van der Waals surface area contributed by atoms with E-state index < -0.39 is 5.91 Å². The molecule has 9 heteroatoms. The highest BCUT2D eigenvalue weighted by Crippen LogP contribution is 2.25. The summed E-state index contributed by atoms with van der Waals surface area (Å²) in [5.74, 6) is 0.584. The Bertz CT molecular complexity index is 987. The third-order valence-corrected chi connectivity index (χ3v) is 4.35. The van der Waals surface area contributed by atoms with Gasteiger partial charge in [-0.2, -0.15) is 0 Å². The smallest absolute Gasteiger partial charge is 0.262 e. The Kier molecular flexibility index (Phi) is 4.41. The molecule has 0 spiro atoms. The Hall–Kier alpha value is -3.49. The second-order valence-corrected chi connectivity index (χ2v) is 6.31. The predicted molar refractivity (Wildman–Crippen MR) is 96.5 cm³/mol. The number of anilines is 1. The van der Waals surface area contributed by atoms with Crippen LogP contribution in [0.5, 0.6) is 11.6 Å². The number of hydrogen-bond acceptors (Lipinski definition) is 7. The Labute approximate surface area is 155 Å². The molecule has 3 aromatic heterocycles. The fourth-order valence-electron chi connectivity index (χ4n) is 2.97. The maximum Gasteiger partial charge on any atom is 0.262 e. The number of carbonyl (C=O) groups is 1. The van der Waals surface area contributed by atoms with Crippen LogP contribution in [0, 0.1) is 0 Å². The van der Waals surface area contributed by atoms with Crippen LogP contribution in [0.3, 0.4) is 0 Å². The van der Waals surface area contributed by atoms with Crippen LogP contribution in [-0.4, -0.2) is 42.4 Å². The lowest BCUT2D eigenvalue weighted by molar-refractivity contribution is 0.102. The van der Waals surface area contributed by atoms with E-state index in [4.69, 9.17) is 4.74 Å². The van der Waals surface area contributed by atoms with E-state index in [0.29, 0.717) is 23.9 Å². The number of rotatable bonds is 0. The van der Waals surface area contributed by atoms with E-state index in [1.54, 1.807) is 18.5 Å². The number of fused-ring (bicyclic) bond motifs is 5. The van der Waals surface area contributed by atoms with Crippen LogP contribution in [0.15, 0.2) is 36.8 Å². The summed E-state index contributed by atoms with van der Waals surface area (Å²) in [7, 11) is 0. The molecule has 27 heavy (non-hydrogen) atoms. The van der Waals surface area contributed by atoms with Gasteiger partial charge in [-0.15, -0.1) is 10.2 Å². The van der Waals surface area contributed by atoms with Crippen molar-refractivity contribution in [2.24, 2.45) is 0 Å². The molecule has 4 rings (SSSR count). The lowest BCUT2D eigenvalue weighted by Gasteiger charge is -2.17. The summed E-state index contributed by atoms with van der Waals surface area (Å²) in [6.07, 6.45) is 4.50. The van der Waals surface area contributed by atoms with Crippen LogP contribution in [0.2, 0.25) is 0 Å². The van der Waals surface area contributed by atoms with E-state index in [1.165, 1.54) is 12.3 Å². The molecule has 9 nitrogen and oxygen atoms in total. The first-order valence-corrected chi connectivity index (χ1v) is 8.62. The molecule has 1 aliphatic rings. The second kappa shape index (κ2) is 7.02. The SMILES string of the molecule is CC1CCCOc2ncc(O)cc2C(=O)Nc2cccc(n2)-c2nncn21. The summed E-state index contributed by atoms with van der Waals surface area (Å²) in [6, 6.07) is 6.75. The highest BCUT2D eigenvalue weighted by atomic mass is 16.5. The van der Waals surface area contributed by atoms with Crippen molar-refractivity contribution >= 4 is 11.7 Å². The van der Waals surface area contributed by atoms with E-state index in [1.807, 2.05) is 10.6 Å². The van der Waals surface area contributed by atoms with Gasteiger partial charge < -0.3 is 19.7 Å². The van der Waals surface area contributed by atoms with Crippen LogP contribution in [0.4, 0.5) is 5.82 Å². The van der Waals surface area contributed by atoms with Crippen molar-refractivity contribution in [3.8, 4) is 23.1 Å². The molecule has 0 radical (unpaired) electrons. The average Bonchev–Trinajstić information content (AvgIpc) is 3.15. The summed E-state index contributed by atoms with van der Waals surface area (Å²) in [6.45, 7) is 2.47. The van der Waals surface area contributed by atoms with Gasteiger partial charge in [0.05, 0.1) is 12.8 Å². The number of pyridine rings is 2. The topological polar surface area (TPSA) is 115 Å². The van der Waals surface area contributed by atoms with Crippen LogP contribution < -0.4 is 10.1 Å². The minimum atomic E-state index is -0.468. The molecule has 1 aliphatic heterocycles. The quantitative estimate of drug-likeness (QED) is 0.628. The molecular weight excluding hydrogens is 348 g/mol. The third kappa shape index (κ3) is 3.43. The highest BCUT2D eigenvalue weighted by molar-refractivity contribution is 6.05. The predicted octanol–water partition coefficient (Wildman–Crippen LogP) is 2.43. The molecule has 0 fully saturated rings. The normalized spacial score (nSPS) is 17.1. The maximum absolute atomic E-state index is 12.7. The van der Waals surface area contributed by atoms with Gasteiger partial charge in [-0.3, -0.25) is 4.79 Å². The van der Waals surface area contributed by atoms with Crippen molar-refractivity contribution in [3.05, 3.63) is 42.4 Å². The maximum atomic E-state index is 12.7. The van der Waals surface area contributed by atoms with Crippen molar-refractivity contribution in [1.29, 1.82) is 0 Å². The van der Waals surface area contributed by atoms with Gasteiger partial charge in [0.2, 0.25) is 5.88 Å². The first-order valence-electron chi connectivity index (χ1n) is 8.62. The van der Waals surface area contributed by atoms with Crippen molar-refractivity contribution in [2.75, 3.05) is 11.9 Å². The van der Waals surface area contributed by atoms with Crippen LogP contribution >= 0.6 is 0 Å². The van der Waals surface area contributed by atoms with Gasteiger partial charge in [-0.25, -0.2) is 9.97 Å². The molecule has 1 unspecified atom stereocenters. The number of hydrogen-bond donors (Lipinski definition) is 2. The Morgan fingerprint density at radius 3 is 3.15 bits per heavy atom. The summed E-state index contributed by atoms with van der Waals surface area (Å²) < 4.78 is 7.65. The summed E-state index contributed by atoms with van der Waals surface area (Å²) in [5, 5.41) is 20.6. The van der Waals surface area contributed by atoms with E-state index in [2.05, 4.69) is 32.4 Å². The molecular formula is C18H18N6O3. The first kappa shape index (κ1) is 17.0. The number of carbonyl (C=O) groups excluding carboxylic acids is 1. The van der Waals surface area contributed by atoms with Crippen molar-refractivity contribution in [3.63, 3.8) is 0 Å². The minimum Gasteiger partial charge on any atom is -0.506 e. The lowest BCUT2D eigenvalue weighted by atomic mass is 10.1. The molecule has 4 heterocycles. The molecule has 3 aromatic rings. The number of nitrogens with one attached hydrogen (secondary N) is 1. The highest BCUT2D eigenvalue weighted by Gasteiger charge is 2.19. The largest absolute Gasteiger partial charge is 0.506 e. The lowest BCUT2D eigenvalue weighted by Crippen LogP contribution is -2.17. The molecule has 0 saturated carbocycles. The number of nitrogens with zero attached hydrogens (tertiary/aromatic N) is 5. The molecule has 1 atom stereocenters. The summed E-state index contributed by atoms with van der Waals surface area (Å²) in [4.78, 5) is 21.2. The zero-order valence-corrected chi connectivity index (χ0v) is 14.7. The number of amides is 1. The van der Waals surface area contributed by atoms with Gasteiger partial charge in [0, 0.05) is 6.04 Å². The van der Waals surface area contributed by atoms with Crippen LogP contribution in [0.1, 0.15) is 36.2 Å². The number of aromatic hydroxyl groups is 1. The van der Waals surface area contributed by atoms with Gasteiger partial charge in [-0.05, 0) is 38.0 Å². The average molecular weight is 366 g/mol. The molecule has 0 aromatic carbocycles. The van der Waals surface area contributed by atoms with Gasteiger partial charge in [0.15, 0.2) is 5.82 Å². The molecule has 2 bridgehead atoms. The van der Waals surface area contributed by atoms with E-state index in [9.17, 15) is 9.90 Å². The number of aromatic nitrogens is 5. The van der Waals surface area contributed by atoms with Crippen molar-refractivity contribution in [2.45, 2.75) is 25.8 Å².